The Kier molecular flexibility index (Phi) is 2.26. The quantitative estimate of drug-likeness (QED) is 0.639. The predicted molar refractivity (Wildman–Crippen MR) is 62.7 cm³/mol. The van der Waals surface area contributed by atoms with Crippen LogP contribution in [0.1, 0.15) is 0 Å². The van der Waals surface area contributed by atoms with Gasteiger partial charge in [0, 0.05) is 29.5 Å². The Labute approximate surface area is 97.0 Å². The van der Waals surface area contributed by atoms with Gasteiger partial charge < -0.3 is 0 Å². The fourth-order valence-corrected chi connectivity index (χ4v) is 1.68. The summed E-state index contributed by atoms with van der Waals surface area (Å²) < 4.78 is 13.6. The first kappa shape index (κ1) is 9.84. The number of hydrogen-bond acceptors (Lipinski definition) is 3. The third-order valence-corrected chi connectivity index (χ3v) is 2.50. The molecular formula is C13H8FN3. The molecule has 2 heterocycles. The molecule has 3 rings (SSSR count). The lowest BCUT2D eigenvalue weighted by Crippen LogP contribution is -1.90. The van der Waals surface area contributed by atoms with E-state index < -0.39 is 0 Å². The van der Waals surface area contributed by atoms with Gasteiger partial charge in [-0.15, -0.1) is 0 Å². The van der Waals surface area contributed by atoms with Gasteiger partial charge in [0.05, 0.1) is 5.52 Å². The first-order valence-electron chi connectivity index (χ1n) is 5.16. The highest BCUT2D eigenvalue weighted by Gasteiger charge is 2.05. The number of aromatic nitrogens is 3. The van der Waals surface area contributed by atoms with Crippen LogP contribution in [-0.2, 0) is 0 Å². The minimum atomic E-state index is -0.284. The number of hydrogen-bond donors (Lipinski definition) is 0. The van der Waals surface area contributed by atoms with E-state index in [0.29, 0.717) is 22.3 Å². The molecule has 17 heavy (non-hydrogen) atoms. The van der Waals surface area contributed by atoms with Crippen molar-refractivity contribution in [3.05, 3.63) is 54.7 Å². The SMILES string of the molecule is Fc1cccc2ncc(-c3ncccn3)cc12. The van der Waals surface area contributed by atoms with Crippen molar-refractivity contribution in [3.8, 4) is 11.4 Å². The fourth-order valence-electron chi connectivity index (χ4n) is 1.68. The summed E-state index contributed by atoms with van der Waals surface area (Å²) in [6.45, 7) is 0. The number of pyridine rings is 1. The van der Waals surface area contributed by atoms with Gasteiger partial charge in [-0.25, -0.2) is 14.4 Å². The van der Waals surface area contributed by atoms with E-state index in [0.717, 1.165) is 0 Å². The summed E-state index contributed by atoms with van der Waals surface area (Å²) >= 11 is 0. The summed E-state index contributed by atoms with van der Waals surface area (Å²) in [4.78, 5) is 12.4. The second-order valence-corrected chi connectivity index (χ2v) is 3.60. The molecule has 0 N–H and O–H groups in total. The van der Waals surface area contributed by atoms with Gasteiger partial charge in [0.15, 0.2) is 5.82 Å². The number of rotatable bonds is 1. The molecule has 0 unspecified atom stereocenters. The Morgan fingerprint density at radius 3 is 2.59 bits per heavy atom. The maximum atomic E-state index is 13.6. The molecule has 0 saturated heterocycles. The van der Waals surface area contributed by atoms with Crippen LogP contribution in [0.3, 0.4) is 0 Å². The average Bonchev–Trinajstić information content (AvgIpc) is 2.40. The van der Waals surface area contributed by atoms with Gasteiger partial charge >= 0.3 is 0 Å². The molecule has 1 aromatic carbocycles. The van der Waals surface area contributed by atoms with Crippen molar-refractivity contribution in [2.24, 2.45) is 0 Å². The summed E-state index contributed by atoms with van der Waals surface area (Å²) in [5.74, 6) is 0.262. The van der Waals surface area contributed by atoms with Crippen molar-refractivity contribution in [2.45, 2.75) is 0 Å². The Balaban J connectivity index is 2.23. The maximum Gasteiger partial charge on any atom is 0.160 e. The number of fused-ring (bicyclic) bond motifs is 1. The largest absolute Gasteiger partial charge is 0.255 e. The lowest BCUT2D eigenvalue weighted by molar-refractivity contribution is 0.639. The van der Waals surface area contributed by atoms with Crippen molar-refractivity contribution in [3.63, 3.8) is 0 Å². The molecule has 0 aliphatic heterocycles. The van der Waals surface area contributed by atoms with Crippen LogP contribution in [0.15, 0.2) is 48.9 Å². The highest BCUT2D eigenvalue weighted by molar-refractivity contribution is 5.82. The summed E-state index contributed by atoms with van der Waals surface area (Å²) in [6, 6.07) is 8.28. The van der Waals surface area contributed by atoms with E-state index in [2.05, 4.69) is 15.0 Å². The van der Waals surface area contributed by atoms with Gasteiger partial charge in [0.2, 0.25) is 0 Å². The maximum absolute atomic E-state index is 13.6. The van der Waals surface area contributed by atoms with Crippen LogP contribution in [-0.4, -0.2) is 15.0 Å². The minimum absolute atomic E-state index is 0.284. The molecule has 0 bridgehead atoms. The zero-order chi connectivity index (χ0) is 11.7. The molecule has 0 aliphatic carbocycles. The van der Waals surface area contributed by atoms with Crippen LogP contribution < -0.4 is 0 Å². The minimum Gasteiger partial charge on any atom is -0.255 e. The predicted octanol–water partition coefficient (Wildman–Crippen LogP) is 2.83. The van der Waals surface area contributed by atoms with Crippen molar-refractivity contribution in [1.82, 2.24) is 15.0 Å². The monoisotopic (exact) mass is 225 g/mol. The number of benzene rings is 1. The molecule has 4 heteroatoms. The van der Waals surface area contributed by atoms with Crippen LogP contribution in [0.25, 0.3) is 22.3 Å². The lowest BCUT2D eigenvalue weighted by Gasteiger charge is -2.02. The van der Waals surface area contributed by atoms with Crippen LogP contribution in [0.5, 0.6) is 0 Å². The molecule has 3 nitrogen and oxygen atoms in total. The Morgan fingerprint density at radius 1 is 0.941 bits per heavy atom. The van der Waals surface area contributed by atoms with E-state index in [4.69, 9.17) is 0 Å². The lowest BCUT2D eigenvalue weighted by atomic mass is 10.1. The second kappa shape index (κ2) is 3.90. The third kappa shape index (κ3) is 1.73. The smallest absolute Gasteiger partial charge is 0.160 e. The van der Waals surface area contributed by atoms with E-state index in [-0.39, 0.29) is 5.82 Å². The average molecular weight is 225 g/mol. The molecule has 0 amide bonds. The highest BCUT2D eigenvalue weighted by Crippen LogP contribution is 2.21. The Morgan fingerprint density at radius 2 is 1.76 bits per heavy atom. The highest BCUT2D eigenvalue weighted by atomic mass is 19.1. The summed E-state index contributed by atoms with van der Waals surface area (Å²) in [5, 5.41) is 0.484. The summed E-state index contributed by atoms with van der Waals surface area (Å²) in [5.41, 5.74) is 1.34. The van der Waals surface area contributed by atoms with Crippen molar-refractivity contribution < 1.29 is 4.39 Å². The van der Waals surface area contributed by atoms with Crippen molar-refractivity contribution in [2.75, 3.05) is 0 Å². The van der Waals surface area contributed by atoms with Crippen molar-refractivity contribution >= 4 is 10.9 Å². The Hall–Kier alpha value is -2.36. The molecule has 0 saturated carbocycles. The van der Waals surface area contributed by atoms with Gasteiger partial charge in [0.1, 0.15) is 5.82 Å². The molecule has 82 valence electrons. The molecule has 0 fully saturated rings. The molecule has 0 atom stereocenters. The zero-order valence-corrected chi connectivity index (χ0v) is 8.84. The molecule has 0 aliphatic rings. The van der Waals surface area contributed by atoms with Crippen LogP contribution in [0, 0.1) is 5.82 Å². The van der Waals surface area contributed by atoms with Gasteiger partial charge in [-0.1, -0.05) is 6.07 Å². The normalized spacial score (nSPS) is 10.6. The molecule has 2 aromatic heterocycles. The number of halogens is 1. The van der Waals surface area contributed by atoms with Crippen LogP contribution in [0.4, 0.5) is 4.39 Å². The topological polar surface area (TPSA) is 38.7 Å². The number of nitrogens with zero attached hydrogens (tertiary/aromatic N) is 3. The first-order chi connectivity index (χ1) is 8.34. The first-order valence-corrected chi connectivity index (χ1v) is 5.16. The third-order valence-electron chi connectivity index (χ3n) is 2.50. The van der Waals surface area contributed by atoms with E-state index in [1.165, 1.54) is 6.07 Å². The fraction of sp³-hybridized carbons (Fsp3) is 0. The van der Waals surface area contributed by atoms with Gasteiger partial charge in [-0.3, -0.25) is 4.98 Å². The van der Waals surface area contributed by atoms with E-state index in [1.54, 1.807) is 42.9 Å². The molecule has 3 aromatic rings. The van der Waals surface area contributed by atoms with Crippen molar-refractivity contribution in [1.29, 1.82) is 0 Å². The summed E-state index contributed by atoms with van der Waals surface area (Å²) in [7, 11) is 0. The zero-order valence-electron chi connectivity index (χ0n) is 8.84. The van der Waals surface area contributed by atoms with Crippen LogP contribution in [0.2, 0.25) is 0 Å². The standard InChI is InChI=1S/C13H8FN3/c14-11-3-1-4-12-10(11)7-9(8-17-12)13-15-5-2-6-16-13/h1-8H. The van der Waals surface area contributed by atoms with E-state index in [1.807, 2.05) is 0 Å². The van der Waals surface area contributed by atoms with Gasteiger partial charge in [-0.2, -0.15) is 0 Å². The molecule has 0 radical (unpaired) electrons. The summed E-state index contributed by atoms with van der Waals surface area (Å²) in [6.07, 6.45) is 4.94. The Bertz CT molecular complexity index is 668. The molecule has 0 spiro atoms. The van der Waals surface area contributed by atoms with E-state index >= 15 is 0 Å². The van der Waals surface area contributed by atoms with E-state index in [9.17, 15) is 4.39 Å². The van der Waals surface area contributed by atoms with Gasteiger partial charge in [0.25, 0.3) is 0 Å². The molecular weight excluding hydrogens is 217 g/mol. The van der Waals surface area contributed by atoms with Gasteiger partial charge in [-0.05, 0) is 24.3 Å². The second-order valence-electron chi connectivity index (χ2n) is 3.60. The van der Waals surface area contributed by atoms with Crippen LogP contribution >= 0.6 is 0 Å².